The van der Waals surface area contributed by atoms with E-state index >= 15 is 0 Å². The smallest absolute Gasteiger partial charge is 0.0464 e. The Labute approximate surface area is 67.8 Å². The van der Waals surface area contributed by atoms with Gasteiger partial charge in [-0.25, -0.2) is 0 Å². The van der Waals surface area contributed by atoms with Crippen LogP contribution in [0.3, 0.4) is 0 Å². The summed E-state index contributed by atoms with van der Waals surface area (Å²) in [6.07, 6.45) is 5.80. The summed E-state index contributed by atoms with van der Waals surface area (Å²) in [5, 5.41) is 9.15. The first-order valence-electron chi connectivity index (χ1n) is 5.02. The molecule has 0 spiro atoms. The number of aliphatic hydroxyl groups excluding tert-OH is 1. The molecular weight excluding hydrogens is 136 g/mol. The first kappa shape index (κ1) is 6.47. The van der Waals surface area contributed by atoms with Crippen LogP contribution in [0.25, 0.3) is 0 Å². The van der Waals surface area contributed by atoms with E-state index in [-0.39, 0.29) is 0 Å². The Kier molecular flexibility index (Phi) is 1.18. The van der Waals surface area contributed by atoms with Crippen LogP contribution in [0.5, 0.6) is 0 Å². The Hall–Kier alpha value is -0.0400. The van der Waals surface area contributed by atoms with Crippen molar-refractivity contribution in [2.24, 2.45) is 29.6 Å². The van der Waals surface area contributed by atoms with Gasteiger partial charge in [0.25, 0.3) is 0 Å². The van der Waals surface area contributed by atoms with E-state index in [1.165, 1.54) is 25.7 Å². The van der Waals surface area contributed by atoms with Gasteiger partial charge in [0.15, 0.2) is 0 Å². The molecule has 0 aromatic carbocycles. The van der Waals surface area contributed by atoms with Crippen molar-refractivity contribution < 1.29 is 5.11 Å². The molecule has 0 bridgehead atoms. The van der Waals surface area contributed by atoms with Gasteiger partial charge in [0.2, 0.25) is 0 Å². The van der Waals surface area contributed by atoms with Gasteiger partial charge in [0.05, 0.1) is 0 Å². The highest BCUT2D eigenvalue weighted by atomic mass is 16.3. The summed E-state index contributed by atoms with van der Waals surface area (Å²) in [5.41, 5.74) is 0. The summed E-state index contributed by atoms with van der Waals surface area (Å²) >= 11 is 0. The van der Waals surface area contributed by atoms with Crippen molar-refractivity contribution in [3.05, 3.63) is 0 Å². The zero-order valence-corrected chi connectivity index (χ0v) is 6.87. The molecule has 11 heavy (non-hydrogen) atoms. The highest BCUT2D eigenvalue weighted by Gasteiger charge is 2.58. The molecule has 3 fully saturated rings. The second-order valence-electron chi connectivity index (χ2n) is 4.67. The first-order valence-corrected chi connectivity index (χ1v) is 5.02. The first-order chi connectivity index (χ1) is 5.42. The molecule has 0 radical (unpaired) electrons. The van der Waals surface area contributed by atoms with Gasteiger partial charge >= 0.3 is 0 Å². The number of aliphatic hydroxyl groups is 1. The standard InChI is InChI=1S/C10H16O/c11-5-9-7-3-1-6-2-4-8(9)10(6)7/h6-11H,1-5H2/t6?,7-,8-,9?,10?/m1/s1. The summed E-state index contributed by atoms with van der Waals surface area (Å²) in [4.78, 5) is 0. The van der Waals surface area contributed by atoms with Crippen LogP contribution in [-0.4, -0.2) is 11.7 Å². The highest BCUT2D eigenvalue weighted by Crippen LogP contribution is 2.64. The molecule has 0 amide bonds. The molecule has 62 valence electrons. The van der Waals surface area contributed by atoms with E-state index in [0.717, 1.165) is 23.7 Å². The summed E-state index contributed by atoms with van der Waals surface area (Å²) in [7, 11) is 0. The zero-order chi connectivity index (χ0) is 7.42. The Morgan fingerprint density at radius 1 is 1.00 bits per heavy atom. The van der Waals surface area contributed by atoms with Crippen molar-refractivity contribution in [1.29, 1.82) is 0 Å². The van der Waals surface area contributed by atoms with Crippen molar-refractivity contribution in [2.45, 2.75) is 25.7 Å². The molecule has 0 aromatic rings. The molecule has 2 atom stereocenters. The van der Waals surface area contributed by atoms with Gasteiger partial charge in [-0.1, -0.05) is 0 Å². The summed E-state index contributed by atoms with van der Waals surface area (Å²) in [5.74, 6) is 4.74. The Bertz CT molecular complexity index is 162. The van der Waals surface area contributed by atoms with Gasteiger partial charge in [-0.15, -0.1) is 0 Å². The van der Waals surface area contributed by atoms with E-state index < -0.39 is 0 Å². The van der Waals surface area contributed by atoms with E-state index in [9.17, 15) is 0 Å². The van der Waals surface area contributed by atoms with Crippen molar-refractivity contribution in [2.75, 3.05) is 6.61 Å². The largest absolute Gasteiger partial charge is 0.396 e. The summed E-state index contributed by atoms with van der Waals surface area (Å²) in [6.45, 7) is 0.471. The SMILES string of the molecule is OCC1[C@H]2CCC3CC[C@H]1C32. The van der Waals surface area contributed by atoms with Crippen molar-refractivity contribution >= 4 is 0 Å². The van der Waals surface area contributed by atoms with Gasteiger partial charge in [-0.2, -0.15) is 0 Å². The molecule has 0 heterocycles. The lowest BCUT2D eigenvalue weighted by molar-refractivity contribution is -0.0250. The van der Waals surface area contributed by atoms with E-state index in [1.54, 1.807) is 0 Å². The minimum absolute atomic E-state index is 0.471. The second-order valence-corrected chi connectivity index (χ2v) is 4.67. The molecule has 3 aliphatic rings. The zero-order valence-electron chi connectivity index (χ0n) is 6.87. The topological polar surface area (TPSA) is 20.2 Å². The van der Waals surface area contributed by atoms with Gasteiger partial charge in [-0.05, 0) is 55.3 Å². The van der Waals surface area contributed by atoms with Crippen LogP contribution < -0.4 is 0 Å². The third-order valence-corrected chi connectivity index (χ3v) is 4.59. The Morgan fingerprint density at radius 3 is 2.18 bits per heavy atom. The molecule has 0 saturated heterocycles. The van der Waals surface area contributed by atoms with E-state index in [4.69, 9.17) is 5.11 Å². The molecule has 1 heteroatoms. The predicted octanol–water partition coefficient (Wildman–Crippen LogP) is 1.66. The highest BCUT2D eigenvalue weighted by molar-refractivity contribution is 5.07. The van der Waals surface area contributed by atoms with Gasteiger partial charge < -0.3 is 5.11 Å². The van der Waals surface area contributed by atoms with E-state index in [2.05, 4.69) is 0 Å². The maximum Gasteiger partial charge on any atom is 0.0464 e. The third-order valence-electron chi connectivity index (χ3n) is 4.59. The lowest BCUT2D eigenvalue weighted by Crippen LogP contribution is -2.44. The minimum Gasteiger partial charge on any atom is -0.396 e. The Morgan fingerprint density at radius 2 is 1.64 bits per heavy atom. The fourth-order valence-electron chi connectivity index (χ4n) is 4.19. The predicted molar refractivity (Wildman–Crippen MR) is 43.0 cm³/mol. The molecular formula is C10H16O. The van der Waals surface area contributed by atoms with Gasteiger partial charge in [0.1, 0.15) is 0 Å². The Balaban J connectivity index is 1.86. The fraction of sp³-hybridized carbons (Fsp3) is 1.00. The van der Waals surface area contributed by atoms with Crippen LogP contribution in [0.2, 0.25) is 0 Å². The lowest BCUT2D eigenvalue weighted by atomic mass is 9.59. The molecule has 1 N–H and O–H groups in total. The molecule has 0 aromatic heterocycles. The molecule has 3 rings (SSSR count). The average molecular weight is 152 g/mol. The molecule has 1 nitrogen and oxygen atoms in total. The number of hydrogen-bond acceptors (Lipinski definition) is 1. The molecule has 3 saturated carbocycles. The van der Waals surface area contributed by atoms with Crippen molar-refractivity contribution in [3.8, 4) is 0 Å². The molecule has 3 aliphatic carbocycles. The number of rotatable bonds is 1. The monoisotopic (exact) mass is 152 g/mol. The molecule has 0 unspecified atom stereocenters. The summed E-state index contributed by atoms with van der Waals surface area (Å²) < 4.78 is 0. The summed E-state index contributed by atoms with van der Waals surface area (Å²) in [6, 6.07) is 0. The van der Waals surface area contributed by atoms with Crippen LogP contribution in [0.1, 0.15) is 25.7 Å². The maximum atomic E-state index is 9.15. The van der Waals surface area contributed by atoms with Crippen LogP contribution in [0.15, 0.2) is 0 Å². The van der Waals surface area contributed by atoms with Gasteiger partial charge in [0, 0.05) is 6.61 Å². The molecule has 0 aliphatic heterocycles. The maximum absolute atomic E-state index is 9.15. The van der Waals surface area contributed by atoms with E-state index in [0.29, 0.717) is 12.5 Å². The average Bonchev–Trinajstić information content (AvgIpc) is 2.39. The van der Waals surface area contributed by atoms with Gasteiger partial charge in [-0.3, -0.25) is 0 Å². The van der Waals surface area contributed by atoms with Crippen LogP contribution in [-0.2, 0) is 0 Å². The second kappa shape index (κ2) is 2.01. The number of hydrogen-bond donors (Lipinski definition) is 1. The van der Waals surface area contributed by atoms with Crippen LogP contribution >= 0.6 is 0 Å². The quantitative estimate of drug-likeness (QED) is 0.606. The fourth-order valence-corrected chi connectivity index (χ4v) is 4.19. The van der Waals surface area contributed by atoms with Crippen LogP contribution in [0, 0.1) is 29.6 Å². The van der Waals surface area contributed by atoms with Crippen molar-refractivity contribution in [1.82, 2.24) is 0 Å². The minimum atomic E-state index is 0.471. The van der Waals surface area contributed by atoms with Crippen molar-refractivity contribution in [3.63, 3.8) is 0 Å². The normalized spacial score (nSPS) is 59.2. The lowest BCUT2D eigenvalue weighted by Gasteiger charge is -2.46. The van der Waals surface area contributed by atoms with Crippen LogP contribution in [0.4, 0.5) is 0 Å². The van der Waals surface area contributed by atoms with E-state index in [1.807, 2.05) is 0 Å². The third kappa shape index (κ3) is 0.618.